The van der Waals surface area contributed by atoms with Gasteiger partial charge in [-0.1, -0.05) is 0 Å². The molecule has 1 N–H and O–H groups in total. The molecule has 4 nitrogen and oxygen atoms in total. The predicted molar refractivity (Wildman–Crippen MR) is 63.7 cm³/mol. The molecule has 16 heavy (non-hydrogen) atoms. The van der Waals surface area contributed by atoms with Gasteiger partial charge in [0.1, 0.15) is 5.75 Å². The SMILES string of the molecule is CNCCc1cc(OC)c(OC)cc1OC. The second kappa shape index (κ2) is 6.23. The molecular formula is C12H19NO3. The van der Waals surface area contributed by atoms with Crippen LogP contribution < -0.4 is 19.5 Å². The second-order valence-electron chi connectivity index (χ2n) is 3.37. The van der Waals surface area contributed by atoms with Crippen molar-refractivity contribution in [2.75, 3.05) is 34.9 Å². The van der Waals surface area contributed by atoms with Crippen LogP contribution >= 0.6 is 0 Å². The Morgan fingerprint density at radius 1 is 0.938 bits per heavy atom. The van der Waals surface area contributed by atoms with Gasteiger partial charge in [0.05, 0.1) is 21.3 Å². The lowest BCUT2D eigenvalue weighted by atomic mass is 10.1. The zero-order valence-corrected chi connectivity index (χ0v) is 10.3. The molecule has 4 heteroatoms. The standard InChI is InChI=1S/C12H19NO3/c1-13-6-5-9-7-11(15-3)12(16-4)8-10(9)14-2/h7-8,13H,5-6H2,1-4H3. The topological polar surface area (TPSA) is 39.7 Å². The average Bonchev–Trinajstić information content (AvgIpc) is 2.35. The van der Waals surface area contributed by atoms with Crippen molar-refractivity contribution in [2.45, 2.75) is 6.42 Å². The molecule has 0 aliphatic rings. The van der Waals surface area contributed by atoms with Crippen molar-refractivity contribution >= 4 is 0 Å². The van der Waals surface area contributed by atoms with Crippen LogP contribution in [0.2, 0.25) is 0 Å². The minimum Gasteiger partial charge on any atom is -0.496 e. The molecule has 0 radical (unpaired) electrons. The molecule has 0 saturated carbocycles. The van der Waals surface area contributed by atoms with Gasteiger partial charge in [-0.15, -0.1) is 0 Å². The maximum absolute atomic E-state index is 5.32. The Morgan fingerprint density at radius 3 is 2.00 bits per heavy atom. The summed E-state index contributed by atoms with van der Waals surface area (Å²) in [5.74, 6) is 2.25. The zero-order chi connectivity index (χ0) is 12.0. The molecule has 0 bridgehead atoms. The fourth-order valence-electron chi connectivity index (χ4n) is 1.55. The van der Waals surface area contributed by atoms with Crippen molar-refractivity contribution in [1.82, 2.24) is 5.32 Å². The molecule has 1 aromatic carbocycles. The summed E-state index contributed by atoms with van der Waals surface area (Å²) in [6.07, 6.45) is 0.889. The van der Waals surface area contributed by atoms with Gasteiger partial charge in [-0.05, 0) is 31.6 Å². The van der Waals surface area contributed by atoms with E-state index in [4.69, 9.17) is 14.2 Å². The van der Waals surface area contributed by atoms with Crippen LogP contribution in [0.3, 0.4) is 0 Å². The Morgan fingerprint density at radius 2 is 1.50 bits per heavy atom. The summed E-state index contributed by atoms with van der Waals surface area (Å²) >= 11 is 0. The Kier molecular flexibility index (Phi) is 4.92. The minimum absolute atomic E-state index is 0.688. The fourth-order valence-corrected chi connectivity index (χ4v) is 1.55. The van der Waals surface area contributed by atoms with E-state index >= 15 is 0 Å². The van der Waals surface area contributed by atoms with Gasteiger partial charge < -0.3 is 19.5 Å². The molecule has 0 saturated heterocycles. The van der Waals surface area contributed by atoms with Crippen molar-refractivity contribution in [3.8, 4) is 17.2 Å². The first-order valence-corrected chi connectivity index (χ1v) is 5.20. The first-order valence-electron chi connectivity index (χ1n) is 5.20. The number of likely N-dealkylation sites (N-methyl/N-ethyl adjacent to an activating group) is 1. The van der Waals surface area contributed by atoms with E-state index in [1.54, 1.807) is 21.3 Å². The van der Waals surface area contributed by atoms with Gasteiger partial charge >= 0.3 is 0 Å². The third-order valence-corrected chi connectivity index (χ3v) is 2.43. The van der Waals surface area contributed by atoms with Crippen LogP contribution in [-0.4, -0.2) is 34.9 Å². The number of hydrogen-bond donors (Lipinski definition) is 1. The fraction of sp³-hybridized carbons (Fsp3) is 0.500. The van der Waals surface area contributed by atoms with Crippen LogP contribution in [0.4, 0.5) is 0 Å². The lowest BCUT2D eigenvalue weighted by Gasteiger charge is -2.13. The van der Waals surface area contributed by atoms with Crippen LogP contribution in [0.25, 0.3) is 0 Å². The number of rotatable bonds is 6. The molecule has 0 aliphatic heterocycles. The smallest absolute Gasteiger partial charge is 0.164 e. The highest BCUT2D eigenvalue weighted by atomic mass is 16.5. The maximum atomic E-state index is 5.32. The molecule has 0 atom stereocenters. The molecule has 0 aromatic heterocycles. The molecule has 90 valence electrons. The summed E-state index contributed by atoms with van der Waals surface area (Å²) in [5.41, 5.74) is 1.11. The monoisotopic (exact) mass is 225 g/mol. The van der Waals surface area contributed by atoms with E-state index in [1.165, 1.54) is 0 Å². The molecule has 1 aromatic rings. The van der Waals surface area contributed by atoms with Crippen LogP contribution in [0.1, 0.15) is 5.56 Å². The predicted octanol–water partition coefficient (Wildman–Crippen LogP) is 1.47. The molecular weight excluding hydrogens is 206 g/mol. The van der Waals surface area contributed by atoms with Crippen LogP contribution in [0.5, 0.6) is 17.2 Å². The quantitative estimate of drug-likeness (QED) is 0.796. The Labute approximate surface area is 96.5 Å². The molecule has 0 fully saturated rings. The van der Waals surface area contributed by atoms with E-state index in [0.29, 0.717) is 5.75 Å². The van der Waals surface area contributed by atoms with E-state index in [-0.39, 0.29) is 0 Å². The second-order valence-corrected chi connectivity index (χ2v) is 3.37. The van der Waals surface area contributed by atoms with Gasteiger partial charge in [0, 0.05) is 6.07 Å². The van der Waals surface area contributed by atoms with Crippen LogP contribution in [-0.2, 0) is 6.42 Å². The third kappa shape index (κ3) is 2.79. The lowest BCUT2D eigenvalue weighted by Crippen LogP contribution is -2.11. The minimum atomic E-state index is 0.688. The summed E-state index contributed by atoms with van der Waals surface area (Å²) < 4.78 is 15.8. The summed E-state index contributed by atoms with van der Waals surface area (Å²) in [6, 6.07) is 3.80. The summed E-state index contributed by atoms with van der Waals surface area (Å²) in [7, 11) is 6.83. The van der Waals surface area contributed by atoms with Crippen LogP contribution in [0.15, 0.2) is 12.1 Å². The van der Waals surface area contributed by atoms with Gasteiger partial charge in [-0.2, -0.15) is 0 Å². The average molecular weight is 225 g/mol. The van der Waals surface area contributed by atoms with E-state index in [2.05, 4.69) is 5.32 Å². The zero-order valence-electron chi connectivity index (χ0n) is 10.3. The van der Waals surface area contributed by atoms with E-state index in [0.717, 1.165) is 30.0 Å². The van der Waals surface area contributed by atoms with Gasteiger partial charge in [-0.3, -0.25) is 0 Å². The van der Waals surface area contributed by atoms with Crippen molar-refractivity contribution in [1.29, 1.82) is 0 Å². The molecule has 0 spiro atoms. The van der Waals surface area contributed by atoms with E-state index < -0.39 is 0 Å². The van der Waals surface area contributed by atoms with Crippen molar-refractivity contribution in [3.63, 3.8) is 0 Å². The highest BCUT2D eigenvalue weighted by molar-refractivity contribution is 5.50. The number of benzene rings is 1. The summed E-state index contributed by atoms with van der Waals surface area (Å²) in [4.78, 5) is 0. The lowest BCUT2D eigenvalue weighted by molar-refractivity contribution is 0.347. The summed E-state index contributed by atoms with van der Waals surface area (Å²) in [5, 5.41) is 3.11. The Balaban J connectivity index is 3.05. The highest BCUT2D eigenvalue weighted by Gasteiger charge is 2.10. The molecule has 0 unspecified atom stereocenters. The maximum Gasteiger partial charge on any atom is 0.164 e. The molecule has 0 amide bonds. The van der Waals surface area contributed by atoms with Crippen molar-refractivity contribution in [2.24, 2.45) is 0 Å². The number of ether oxygens (including phenoxy) is 3. The van der Waals surface area contributed by atoms with E-state index in [9.17, 15) is 0 Å². The first kappa shape index (κ1) is 12.6. The van der Waals surface area contributed by atoms with Crippen molar-refractivity contribution in [3.05, 3.63) is 17.7 Å². The number of nitrogens with one attached hydrogen (secondary N) is 1. The normalized spacial score (nSPS) is 10.0. The number of hydrogen-bond acceptors (Lipinski definition) is 4. The third-order valence-electron chi connectivity index (χ3n) is 2.43. The van der Waals surface area contributed by atoms with Gasteiger partial charge in [-0.25, -0.2) is 0 Å². The Bertz CT molecular complexity index is 339. The highest BCUT2D eigenvalue weighted by Crippen LogP contribution is 2.34. The molecule has 0 aliphatic carbocycles. The van der Waals surface area contributed by atoms with Gasteiger partial charge in [0.2, 0.25) is 0 Å². The van der Waals surface area contributed by atoms with Crippen molar-refractivity contribution < 1.29 is 14.2 Å². The molecule has 1 rings (SSSR count). The van der Waals surface area contributed by atoms with Crippen LogP contribution in [0, 0.1) is 0 Å². The van der Waals surface area contributed by atoms with E-state index in [1.807, 2.05) is 19.2 Å². The first-order chi connectivity index (χ1) is 7.76. The molecule has 0 heterocycles. The Hall–Kier alpha value is -1.42. The number of methoxy groups -OCH3 is 3. The summed E-state index contributed by atoms with van der Waals surface area (Å²) in [6.45, 7) is 0.895. The largest absolute Gasteiger partial charge is 0.496 e. The van der Waals surface area contributed by atoms with Gasteiger partial charge in [0.15, 0.2) is 11.5 Å². The van der Waals surface area contributed by atoms with Gasteiger partial charge in [0.25, 0.3) is 0 Å².